The van der Waals surface area contributed by atoms with E-state index in [0.717, 1.165) is 13.3 Å². The normalized spacial score (nSPS) is 11.0. The van der Waals surface area contributed by atoms with E-state index in [4.69, 9.17) is 11.6 Å². The number of phenolic OH excluding ortho intramolecular Hbond substituents is 1. The van der Waals surface area contributed by atoms with Crippen LogP contribution in [0.5, 0.6) is 5.75 Å². The van der Waals surface area contributed by atoms with E-state index in [0.29, 0.717) is 16.4 Å². The molecule has 5 nitrogen and oxygen atoms in total. The van der Waals surface area contributed by atoms with Gasteiger partial charge in [0.1, 0.15) is 11.4 Å². The van der Waals surface area contributed by atoms with E-state index in [2.05, 4.69) is 26.0 Å². The van der Waals surface area contributed by atoms with Gasteiger partial charge in [0.15, 0.2) is 5.82 Å². The van der Waals surface area contributed by atoms with Gasteiger partial charge in [0.25, 0.3) is 0 Å². The third-order valence-electron chi connectivity index (χ3n) is 2.90. The third-order valence-corrected chi connectivity index (χ3v) is 4.75. The van der Waals surface area contributed by atoms with Crippen molar-refractivity contribution in [3.8, 4) is 22.1 Å². The second-order valence-corrected chi connectivity index (χ2v) is 7.28. The number of halogens is 2. The van der Waals surface area contributed by atoms with Crippen LogP contribution in [0.3, 0.4) is 0 Å². The zero-order valence-corrected chi connectivity index (χ0v) is 13.9. The number of H-pyrrole nitrogens is 1. The Bertz CT molecular complexity index is 884. The van der Waals surface area contributed by atoms with E-state index in [1.807, 2.05) is 12.1 Å². The lowest BCUT2D eigenvalue weighted by molar-refractivity contribution is 0.465. The van der Waals surface area contributed by atoms with E-state index in [9.17, 15) is 9.90 Å². The first-order valence-corrected chi connectivity index (χ1v) is 7.89. The number of aromatic amines is 1. The number of phenols is 1. The minimum atomic E-state index is -0.438. The predicted octanol–water partition coefficient (Wildman–Crippen LogP) is 3.72. The highest BCUT2D eigenvalue weighted by molar-refractivity contribution is 9.11. The first-order chi connectivity index (χ1) is 9.95. The monoisotopic (exact) mass is 385 g/mol. The van der Waals surface area contributed by atoms with Crippen molar-refractivity contribution < 1.29 is 5.11 Å². The van der Waals surface area contributed by atoms with Crippen LogP contribution in [0.25, 0.3) is 16.4 Å². The molecule has 0 spiro atoms. The smallest absolute Gasteiger partial charge is 0.348 e. The summed E-state index contributed by atoms with van der Waals surface area (Å²) in [6, 6.07) is 6.84. The average molecular weight is 387 g/mol. The maximum atomic E-state index is 12.1. The summed E-state index contributed by atoms with van der Waals surface area (Å²) in [7, 11) is 0. The Balaban J connectivity index is 2.17. The number of nitrogens with one attached hydrogen (secondary N) is 1. The Hall–Kier alpha value is -1.57. The molecule has 0 aliphatic carbocycles. The van der Waals surface area contributed by atoms with Crippen molar-refractivity contribution in [3.63, 3.8) is 0 Å². The van der Waals surface area contributed by atoms with Gasteiger partial charge in [-0.05, 0) is 52.7 Å². The molecule has 0 bridgehead atoms. The van der Waals surface area contributed by atoms with Crippen LogP contribution in [-0.4, -0.2) is 19.9 Å². The SMILES string of the molecule is Cc1cc(Cl)cc(-n2nc(-c3ccc(Br)s3)[nH]c2=O)c1O. The molecule has 21 heavy (non-hydrogen) atoms. The molecule has 0 saturated heterocycles. The quantitative estimate of drug-likeness (QED) is 0.705. The van der Waals surface area contributed by atoms with E-state index >= 15 is 0 Å². The molecule has 0 unspecified atom stereocenters. The predicted molar refractivity (Wildman–Crippen MR) is 86.6 cm³/mol. The van der Waals surface area contributed by atoms with Gasteiger partial charge < -0.3 is 5.11 Å². The maximum Gasteiger partial charge on any atom is 0.348 e. The average Bonchev–Trinajstić information content (AvgIpc) is 3.00. The molecule has 0 aliphatic heterocycles. The summed E-state index contributed by atoms with van der Waals surface area (Å²) in [5.74, 6) is 0.416. The first-order valence-electron chi connectivity index (χ1n) is 5.90. The number of thiophene rings is 1. The summed E-state index contributed by atoms with van der Waals surface area (Å²) in [5, 5.41) is 14.8. The molecule has 0 amide bonds. The largest absolute Gasteiger partial charge is 0.505 e. The number of aromatic hydroxyl groups is 1. The number of nitrogens with zero attached hydrogens (tertiary/aromatic N) is 2. The van der Waals surface area contributed by atoms with Gasteiger partial charge in [0.2, 0.25) is 0 Å². The van der Waals surface area contributed by atoms with Crippen molar-refractivity contribution in [2.24, 2.45) is 0 Å². The Morgan fingerprint density at radius 2 is 2.19 bits per heavy atom. The molecular weight excluding hydrogens is 378 g/mol. The summed E-state index contributed by atoms with van der Waals surface area (Å²) >= 11 is 10.8. The summed E-state index contributed by atoms with van der Waals surface area (Å²) < 4.78 is 2.05. The molecule has 1 aromatic carbocycles. The number of aromatic nitrogens is 3. The highest BCUT2D eigenvalue weighted by atomic mass is 79.9. The number of aryl methyl sites for hydroxylation is 1. The van der Waals surface area contributed by atoms with Crippen molar-refractivity contribution in [1.29, 1.82) is 0 Å². The second kappa shape index (κ2) is 5.32. The lowest BCUT2D eigenvalue weighted by atomic mass is 10.2. The molecule has 108 valence electrons. The van der Waals surface area contributed by atoms with Crippen molar-refractivity contribution in [3.05, 3.63) is 49.1 Å². The first kappa shape index (κ1) is 14.4. The third kappa shape index (κ3) is 2.64. The summed E-state index contributed by atoms with van der Waals surface area (Å²) in [4.78, 5) is 15.6. The minimum absolute atomic E-state index is 0.0214. The molecule has 0 aliphatic rings. The molecule has 0 atom stereocenters. The number of hydrogen-bond donors (Lipinski definition) is 2. The summed E-state index contributed by atoms with van der Waals surface area (Å²) in [5.41, 5.74) is 0.391. The lowest BCUT2D eigenvalue weighted by Crippen LogP contribution is -2.16. The van der Waals surface area contributed by atoms with Gasteiger partial charge in [-0.1, -0.05) is 11.6 Å². The lowest BCUT2D eigenvalue weighted by Gasteiger charge is -2.06. The molecule has 2 aromatic heterocycles. The fourth-order valence-electron chi connectivity index (χ4n) is 1.92. The van der Waals surface area contributed by atoms with Crippen LogP contribution in [0.1, 0.15) is 5.56 Å². The standard InChI is InChI=1S/C13H9BrClN3O2S/c1-6-4-7(15)5-8(11(6)19)18-13(20)16-12(17-18)9-2-3-10(14)21-9/h2-5,19H,1H3,(H,16,17,20). The topological polar surface area (TPSA) is 70.9 Å². The highest BCUT2D eigenvalue weighted by Gasteiger charge is 2.15. The molecular formula is C13H9BrClN3O2S. The van der Waals surface area contributed by atoms with Crippen LogP contribution < -0.4 is 5.69 Å². The van der Waals surface area contributed by atoms with Gasteiger partial charge in [-0.2, -0.15) is 4.68 Å². The van der Waals surface area contributed by atoms with Crippen LogP contribution >= 0.6 is 38.9 Å². The molecule has 8 heteroatoms. The van der Waals surface area contributed by atoms with Crippen molar-refractivity contribution >= 4 is 38.9 Å². The molecule has 2 N–H and O–H groups in total. The van der Waals surface area contributed by atoms with Gasteiger partial charge in [0.05, 0.1) is 8.66 Å². The Morgan fingerprint density at radius 3 is 2.86 bits per heavy atom. The van der Waals surface area contributed by atoms with Gasteiger partial charge in [-0.25, -0.2) is 4.79 Å². The Labute approximate surface area is 137 Å². The Morgan fingerprint density at radius 1 is 1.43 bits per heavy atom. The van der Waals surface area contributed by atoms with Gasteiger partial charge in [0, 0.05) is 5.02 Å². The second-order valence-electron chi connectivity index (χ2n) is 4.38. The number of hydrogen-bond acceptors (Lipinski definition) is 4. The zero-order valence-electron chi connectivity index (χ0n) is 10.7. The van der Waals surface area contributed by atoms with Crippen LogP contribution in [0, 0.1) is 6.92 Å². The van der Waals surface area contributed by atoms with E-state index in [1.165, 1.54) is 17.4 Å². The van der Waals surface area contributed by atoms with E-state index in [-0.39, 0.29) is 11.4 Å². The number of rotatable bonds is 2. The fraction of sp³-hybridized carbons (Fsp3) is 0.0769. The van der Waals surface area contributed by atoms with Crippen molar-refractivity contribution in [1.82, 2.24) is 14.8 Å². The van der Waals surface area contributed by atoms with Crippen LogP contribution in [-0.2, 0) is 0 Å². The van der Waals surface area contributed by atoms with E-state index < -0.39 is 5.69 Å². The summed E-state index contributed by atoms with van der Waals surface area (Å²) in [6.45, 7) is 1.71. The Kier molecular flexibility index (Phi) is 3.64. The highest BCUT2D eigenvalue weighted by Crippen LogP contribution is 2.31. The molecule has 0 saturated carbocycles. The van der Waals surface area contributed by atoms with Gasteiger partial charge in [-0.15, -0.1) is 16.4 Å². The van der Waals surface area contributed by atoms with Gasteiger partial charge in [-0.3, -0.25) is 4.98 Å². The molecule has 2 heterocycles. The maximum absolute atomic E-state index is 12.1. The zero-order chi connectivity index (χ0) is 15.1. The van der Waals surface area contributed by atoms with Crippen LogP contribution in [0.15, 0.2) is 32.8 Å². The molecule has 0 radical (unpaired) electrons. The molecule has 3 rings (SSSR count). The van der Waals surface area contributed by atoms with Gasteiger partial charge >= 0.3 is 5.69 Å². The number of benzene rings is 1. The van der Waals surface area contributed by atoms with Crippen molar-refractivity contribution in [2.75, 3.05) is 0 Å². The van der Waals surface area contributed by atoms with Crippen molar-refractivity contribution in [2.45, 2.75) is 6.92 Å². The molecule has 3 aromatic rings. The summed E-state index contributed by atoms with van der Waals surface area (Å²) in [6.07, 6.45) is 0. The fourth-order valence-corrected chi connectivity index (χ4v) is 3.51. The molecule has 0 fully saturated rings. The van der Waals surface area contributed by atoms with Crippen LogP contribution in [0.4, 0.5) is 0 Å². The van der Waals surface area contributed by atoms with E-state index in [1.54, 1.807) is 13.0 Å². The minimum Gasteiger partial charge on any atom is -0.505 e. The van der Waals surface area contributed by atoms with Crippen LogP contribution in [0.2, 0.25) is 5.02 Å².